The highest BCUT2D eigenvalue weighted by molar-refractivity contribution is 5.96. The summed E-state index contributed by atoms with van der Waals surface area (Å²) < 4.78 is 124. The molecule has 5 amide bonds. The molecule has 0 bridgehead atoms. The van der Waals surface area contributed by atoms with Crippen molar-refractivity contribution in [1.82, 2.24) is 10.6 Å². The molecule has 0 aliphatic carbocycles. The normalized spacial score (nSPS) is 18.7. The van der Waals surface area contributed by atoms with E-state index in [0.29, 0.717) is 206 Å². The number of methoxy groups -OCH3 is 5. The smallest absolute Gasteiger partial charge is 0.414 e. The van der Waals surface area contributed by atoms with E-state index in [0.717, 1.165) is 32.1 Å². The summed E-state index contributed by atoms with van der Waals surface area (Å²) in [5, 5.41) is 36.9. The fourth-order valence-corrected chi connectivity index (χ4v) is 13.2. The lowest BCUT2D eigenvalue weighted by Gasteiger charge is -2.29. The van der Waals surface area contributed by atoms with Crippen LogP contribution in [-0.4, -0.2) is 283 Å². The third-order valence-electron chi connectivity index (χ3n) is 19.6. The summed E-state index contributed by atoms with van der Waals surface area (Å²) in [6.45, 7) is 24.5. The molecule has 706 valence electrons. The zero-order chi connectivity index (χ0) is 94.8. The number of rotatable bonds is 24. The van der Waals surface area contributed by atoms with Gasteiger partial charge in [0.1, 0.15) is 53.5 Å². The molecule has 129 heavy (non-hydrogen) atoms. The number of nitriles is 4. The molecular weight excluding hydrogens is 1690 g/mol. The number of carbonyl (C=O) groups is 5. The van der Waals surface area contributed by atoms with Gasteiger partial charge in [-0.3, -0.25) is 44.7 Å². The van der Waals surface area contributed by atoms with Crippen LogP contribution in [-0.2, 0) is 66.4 Å². The molecule has 40 nitrogen and oxygen atoms in total. The van der Waals surface area contributed by atoms with Crippen LogP contribution in [0.15, 0.2) is 97.8 Å². The van der Waals surface area contributed by atoms with Crippen LogP contribution < -0.4 is 67.0 Å². The van der Waals surface area contributed by atoms with E-state index in [-0.39, 0.29) is 74.1 Å². The molecule has 8 aliphatic rings. The molecule has 0 saturated carbocycles. The summed E-state index contributed by atoms with van der Waals surface area (Å²) in [6.07, 6.45) is 7.61. The third-order valence-corrected chi connectivity index (χ3v) is 19.6. The Bertz CT molecular complexity index is 4530. The number of aliphatic imine (C=N–C) groups is 5. The number of ether oxygens (including phenoxy) is 13. The lowest BCUT2D eigenvalue weighted by atomic mass is 10.2. The molecule has 4 atom stereocenters. The van der Waals surface area contributed by atoms with Gasteiger partial charge in [0.25, 0.3) is 5.97 Å². The number of nitrogens with zero attached hydrogens (tertiary/aromatic N) is 17. The Balaban J connectivity index is 0.000000277. The van der Waals surface area contributed by atoms with Gasteiger partial charge < -0.3 is 104 Å². The minimum absolute atomic E-state index is 0.211. The lowest BCUT2D eigenvalue weighted by molar-refractivity contribution is -0.355. The highest BCUT2D eigenvalue weighted by atomic mass is 19.1. The second-order valence-electron chi connectivity index (χ2n) is 28.7. The molecule has 44 heteroatoms. The van der Waals surface area contributed by atoms with E-state index in [1.54, 1.807) is 103 Å². The summed E-state index contributed by atoms with van der Waals surface area (Å²) in [5.41, 5.74) is 19.1. The largest absolute Gasteiger partial charge is 0.484 e. The van der Waals surface area contributed by atoms with Gasteiger partial charge in [-0.1, -0.05) is 20.8 Å². The summed E-state index contributed by atoms with van der Waals surface area (Å²) in [7, 11) is 7.70. The van der Waals surface area contributed by atoms with Crippen LogP contribution in [0.3, 0.4) is 0 Å². The Morgan fingerprint density at radius 3 is 1.06 bits per heavy atom. The first-order chi connectivity index (χ1) is 62.1. The van der Waals surface area contributed by atoms with E-state index in [9.17, 15) is 41.5 Å². The molecule has 4 aromatic carbocycles. The maximum Gasteiger partial charge on any atom is 0.414 e. The van der Waals surface area contributed by atoms with Crippen LogP contribution in [0.1, 0.15) is 87.0 Å². The Kier molecular flexibility index (Phi) is 48.0. The number of nitrogens with two attached hydrogens (primary N) is 3. The highest BCUT2D eigenvalue weighted by Crippen LogP contribution is 2.34. The molecular formula is C85H120F4N22O18. The van der Waals surface area contributed by atoms with Gasteiger partial charge in [-0.05, 0) is 106 Å². The first kappa shape index (κ1) is 107. The molecule has 8 saturated heterocycles. The molecule has 12 rings (SSSR count). The first-order valence-corrected chi connectivity index (χ1v) is 41.7. The van der Waals surface area contributed by atoms with Gasteiger partial charge in [-0.15, -0.1) is 9.98 Å². The number of hydrogen-bond acceptors (Lipinski definition) is 33. The van der Waals surface area contributed by atoms with E-state index in [1.807, 2.05) is 46.6 Å². The number of carbonyl (C=O) groups excluding carboxylic acids is 5. The quantitative estimate of drug-likeness (QED) is 0.00831. The number of morpholine rings is 4. The number of benzene rings is 4. The van der Waals surface area contributed by atoms with Gasteiger partial charge in [0.2, 0.25) is 18.3 Å². The Morgan fingerprint density at radius 2 is 0.814 bits per heavy atom. The van der Waals surface area contributed by atoms with Crippen molar-refractivity contribution in [2.45, 2.75) is 117 Å². The standard InChI is InChI=1S/C19H24FN5O3.C18H23FN4O4.C16H21FN4O3.C14H18FN3O3.C7H16O3.C6H10N2O.C4H6N2O.CH2N2/c1-2-3-18(23-13-21)22-11-15-12-25(19(26)28-15)14-4-5-17(16(20)10-14)24-6-8-27-9-7-24;1-12(21-13(2)24)20-10-15-11-23(18(25)27-15)14-3-4-17(16(19)9-14)22-5-7-26-8-6-22;1-11(18)19-9-13-10-21(16(22)24-13)12-2-3-15(14(17)8-12)20-4-6-23-7-5-20;15-12-7-10(18-9-11(8-16)21-14(18)19)1-2-13(12)17-3-5-20-6-4-17;1-5-6-7(8-2,9-3)10-4;1-3-4-6(9-2)8-5-7;1-4(7-2)6-3-5;2-1-3/h4-5,10,15H,2-3,6-9,11-12H2,1H3,(H,22,23);3-4,9,15H,5-8,10-11H2,1-2H3,(H,20,21,24);2-3,8,13H,4-7,9-10H2,1H3,(H2,18,19);1-2,7,11H,3-6,8-9,16H2;5-6H2,1-4H3;3-4H2,1-2H3;1-2H3;2H2/t2*15-;13-;11-;;;;/m0000..../s1. The zero-order valence-electron chi connectivity index (χ0n) is 75.1. The van der Waals surface area contributed by atoms with Crippen molar-refractivity contribution >= 4 is 105 Å². The number of amides is 5. The van der Waals surface area contributed by atoms with Gasteiger partial charge in [0, 0.05) is 113 Å². The van der Waals surface area contributed by atoms with Crippen molar-refractivity contribution in [1.29, 1.82) is 21.0 Å². The summed E-state index contributed by atoms with van der Waals surface area (Å²) in [5.74, 6) is -0.139. The summed E-state index contributed by atoms with van der Waals surface area (Å²) in [6, 6.07) is 19.1. The monoisotopic (exact) mass is 1810 g/mol. The van der Waals surface area contributed by atoms with E-state index < -0.39 is 42.6 Å². The second-order valence-corrected chi connectivity index (χ2v) is 28.7. The van der Waals surface area contributed by atoms with Crippen LogP contribution in [0.25, 0.3) is 0 Å². The van der Waals surface area contributed by atoms with Crippen LogP contribution in [0.4, 0.5) is 82.2 Å². The molecule has 8 fully saturated rings. The Morgan fingerprint density at radius 1 is 0.488 bits per heavy atom. The number of amidine groups is 3. The lowest BCUT2D eigenvalue weighted by Crippen LogP contribution is -2.36. The zero-order valence-corrected chi connectivity index (χ0v) is 75.1. The third kappa shape index (κ3) is 35.5. The van der Waals surface area contributed by atoms with Crippen molar-refractivity contribution in [3.8, 4) is 24.8 Å². The predicted octanol–water partition coefficient (Wildman–Crippen LogP) is 8.76. The fraction of sp³-hybridized carbons (Fsp3) is 0.553. The Hall–Kier alpha value is -12.7. The molecule has 0 radical (unpaired) electrons. The molecule has 0 spiro atoms. The molecule has 8 N–H and O–H groups in total. The van der Waals surface area contributed by atoms with Crippen LogP contribution in [0.2, 0.25) is 0 Å². The average molecular weight is 1810 g/mol. The predicted molar refractivity (Wildman–Crippen MR) is 476 cm³/mol. The molecule has 0 unspecified atom stereocenters. The van der Waals surface area contributed by atoms with E-state index in [2.05, 4.69) is 46.1 Å². The van der Waals surface area contributed by atoms with Gasteiger partial charge in [-0.2, -0.15) is 21.0 Å². The topological polar surface area (TPSA) is 490 Å². The van der Waals surface area contributed by atoms with E-state index >= 15 is 0 Å². The minimum atomic E-state index is -0.825. The van der Waals surface area contributed by atoms with E-state index in [1.165, 1.54) is 71.2 Å². The van der Waals surface area contributed by atoms with Crippen molar-refractivity contribution in [2.75, 3.05) is 232 Å². The van der Waals surface area contributed by atoms with Crippen LogP contribution in [0, 0.1) is 69.1 Å². The van der Waals surface area contributed by atoms with Gasteiger partial charge >= 0.3 is 24.4 Å². The number of cyclic esters (lactones) is 4. The first-order valence-electron chi connectivity index (χ1n) is 41.7. The van der Waals surface area contributed by atoms with Crippen molar-refractivity contribution in [3.05, 3.63) is 96.1 Å². The molecule has 4 aromatic rings. The van der Waals surface area contributed by atoms with Crippen LogP contribution >= 0.6 is 0 Å². The number of hydrogen-bond donors (Lipinski definition) is 5. The summed E-state index contributed by atoms with van der Waals surface area (Å²) in [4.78, 5) is 91.7. The van der Waals surface area contributed by atoms with Gasteiger partial charge in [0.05, 0.1) is 170 Å². The van der Waals surface area contributed by atoms with Crippen molar-refractivity contribution in [2.24, 2.45) is 42.2 Å². The number of halogens is 4. The molecule has 0 aromatic heterocycles. The molecule has 8 heterocycles. The van der Waals surface area contributed by atoms with Gasteiger partial charge in [0.15, 0.2) is 24.2 Å². The fourth-order valence-electron chi connectivity index (χ4n) is 13.2. The van der Waals surface area contributed by atoms with Gasteiger partial charge in [-0.25, -0.2) is 36.7 Å². The Labute approximate surface area is 749 Å². The second kappa shape index (κ2) is 57.9. The highest BCUT2D eigenvalue weighted by Gasteiger charge is 2.38. The minimum Gasteiger partial charge on any atom is -0.484 e. The van der Waals surface area contributed by atoms with E-state index in [4.69, 9.17) is 89.4 Å². The summed E-state index contributed by atoms with van der Waals surface area (Å²) >= 11 is 0. The molecule has 8 aliphatic heterocycles. The average Bonchev–Trinajstić information content (AvgIpc) is 1.73. The number of nitrogens with one attached hydrogen (secondary N) is 2. The number of anilines is 8. The van der Waals surface area contributed by atoms with Crippen LogP contribution in [0.5, 0.6) is 0 Å². The maximum atomic E-state index is 14.6. The van der Waals surface area contributed by atoms with Crippen molar-refractivity contribution < 1.29 is 103 Å². The van der Waals surface area contributed by atoms with Crippen molar-refractivity contribution in [3.63, 3.8) is 0 Å². The SMILES string of the molecule is CC(=O)NC(C)=NC[C@H]1CN(c2ccc(N3CCOCC3)c(F)c2)C(=O)O1.CC(N)=NC[C@H]1CN(c2ccc(N3CCOCC3)c(F)c2)C(=O)O1.CCCC(=NC#N)OC.CCCC(=NC[C@H]1CN(c2ccc(N3CCOCC3)c(F)c2)C(=O)O1)NC#N.CCCC(OC)(OC)OC.COC(C)=NC#N.N#CN.NC[C@H]1CN(c2ccc(N3CCOCC3)c(F)c2)C(=O)O1. The maximum absolute atomic E-state index is 14.6.